The van der Waals surface area contributed by atoms with E-state index < -0.39 is 0 Å². The minimum atomic E-state index is 0.138. The summed E-state index contributed by atoms with van der Waals surface area (Å²) >= 11 is 0. The van der Waals surface area contributed by atoms with Crippen molar-refractivity contribution in [2.45, 2.75) is 31.8 Å². The first kappa shape index (κ1) is 12.3. The molecule has 2 aromatic rings. The van der Waals surface area contributed by atoms with Crippen molar-refractivity contribution in [1.29, 1.82) is 0 Å². The molecule has 100 valence electrons. The van der Waals surface area contributed by atoms with Gasteiger partial charge in [0.2, 0.25) is 5.89 Å². The fraction of sp³-hybridized carbons (Fsp3) is 0.429. The number of fused-ring (bicyclic) bond motifs is 1. The van der Waals surface area contributed by atoms with Crippen LogP contribution in [-0.4, -0.2) is 16.7 Å². The van der Waals surface area contributed by atoms with E-state index in [1.807, 2.05) is 13.0 Å². The quantitative estimate of drug-likeness (QED) is 0.872. The van der Waals surface area contributed by atoms with Gasteiger partial charge in [0, 0.05) is 25.0 Å². The van der Waals surface area contributed by atoms with Gasteiger partial charge in [-0.1, -0.05) is 29.4 Å². The molecular formula is C14H18N4O. The maximum Gasteiger partial charge on any atom is 0.227 e. The lowest BCUT2D eigenvalue weighted by atomic mass is 10.1. The van der Waals surface area contributed by atoms with E-state index >= 15 is 0 Å². The molecule has 0 radical (unpaired) electrons. The van der Waals surface area contributed by atoms with Gasteiger partial charge in [-0.05, 0) is 24.5 Å². The van der Waals surface area contributed by atoms with Gasteiger partial charge in [0.1, 0.15) is 0 Å². The Morgan fingerprint density at radius 2 is 2.16 bits per heavy atom. The van der Waals surface area contributed by atoms with Crippen molar-refractivity contribution in [3.05, 3.63) is 47.1 Å². The van der Waals surface area contributed by atoms with Crippen LogP contribution in [0.5, 0.6) is 0 Å². The zero-order chi connectivity index (χ0) is 13.2. The summed E-state index contributed by atoms with van der Waals surface area (Å²) in [5, 5.41) is 7.30. The van der Waals surface area contributed by atoms with Gasteiger partial charge in [-0.25, -0.2) is 0 Å². The van der Waals surface area contributed by atoms with E-state index in [2.05, 4.69) is 33.7 Å². The number of benzene rings is 1. The minimum absolute atomic E-state index is 0.138. The molecule has 1 aliphatic rings. The highest BCUT2D eigenvalue weighted by atomic mass is 16.5. The summed E-state index contributed by atoms with van der Waals surface area (Å²) in [6.07, 6.45) is 1.69. The van der Waals surface area contributed by atoms with Crippen molar-refractivity contribution >= 4 is 0 Å². The predicted molar refractivity (Wildman–Crippen MR) is 71.5 cm³/mol. The standard InChI is InChI=1S/C14H18N4O/c1-9-17-14(19-18-9)6-7-16-13-8-12(15)10-4-2-3-5-11(10)13/h2-5,12-13,16H,6-8,15H2,1H3. The van der Waals surface area contributed by atoms with Crippen molar-refractivity contribution in [3.63, 3.8) is 0 Å². The topological polar surface area (TPSA) is 77.0 Å². The molecular weight excluding hydrogens is 240 g/mol. The van der Waals surface area contributed by atoms with E-state index in [0.717, 1.165) is 19.4 Å². The zero-order valence-electron chi connectivity index (χ0n) is 11.0. The van der Waals surface area contributed by atoms with Gasteiger partial charge in [-0.3, -0.25) is 0 Å². The third kappa shape index (κ3) is 2.52. The van der Waals surface area contributed by atoms with Crippen LogP contribution in [0.25, 0.3) is 0 Å². The molecule has 2 unspecified atom stereocenters. The second-order valence-electron chi connectivity index (χ2n) is 4.96. The van der Waals surface area contributed by atoms with Crippen molar-refractivity contribution < 1.29 is 4.52 Å². The highest BCUT2D eigenvalue weighted by Crippen LogP contribution is 2.36. The highest BCUT2D eigenvalue weighted by molar-refractivity contribution is 5.37. The number of nitrogens with two attached hydrogens (primary N) is 1. The molecule has 5 nitrogen and oxygen atoms in total. The molecule has 0 bridgehead atoms. The van der Waals surface area contributed by atoms with E-state index in [1.54, 1.807) is 0 Å². The fourth-order valence-corrected chi connectivity index (χ4v) is 2.66. The maximum absolute atomic E-state index is 6.14. The smallest absolute Gasteiger partial charge is 0.227 e. The minimum Gasteiger partial charge on any atom is -0.339 e. The first-order chi connectivity index (χ1) is 9.24. The van der Waals surface area contributed by atoms with Crippen LogP contribution in [0.1, 0.15) is 41.3 Å². The summed E-state index contributed by atoms with van der Waals surface area (Å²) in [4.78, 5) is 4.19. The fourth-order valence-electron chi connectivity index (χ4n) is 2.66. The summed E-state index contributed by atoms with van der Waals surface area (Å²) in [7, 11) is 0. The van der Waals surface area contributed by atoms with Crippen LogP contribution >= 0.6 is 0 Å². The lowest BCUT2D eigenvalue weighted by molar-refractivity contribution is 0.368. The van der Waals surface area contributed by atoms with Gasteiger partial charge in [0.15, 0.2) is 5.82 Å². The Morgan fingerprint density at radius 3 is 2.89 bits per heavy atom. The molecule has 0 fully saturated rings. The second kappa shape index (κ2) is 5.11. The summed E-state index contributed by atoms with van der Waals surface area (Å²) in [5.41, 5.74) is 8.72. The van der Waals surface area contributed by atoms with Crippen LogP contribution in [0.3, 0.4) is 0 Å². The van der Waals surface area contributed by atoms with E-state index in [0.29, 0.717) is 17.8 Å². The molecule has 1 aliphatic carbocycles. The summed E-state index contributed by atoms with van der Waals surface area (Å²) in [6.45, 7) is 2.64. The number of aryl methyl sites for hydroxylation is 1. The van der Waals surface area contributed by atoms with Gasteiger partial charge in [0.25, 0.3) is 0 Å². The summed E-state index contributed by atoms with van der Waals surface area (Å²) in [5.74, 6) is 1.36. The number of hydrogen-bond donors (Lipinski definition) is 2. The maximum atomic E-state index is 6.14. The van der Waals surface area contributed by atoms with Gasteiger partial charge in [-0.15, -0.1) is 0 Å². The number of hydrogen-bond acceptors (Lipinski definition) is 5. The molecule has 1 aromatic heterocycles. The number of nitrogens with zero attached hydrogens (tertiary/aromatic N) is 2. The molecule has 0 amide bonds. The van der Waals surface area contributed by atoms with Gasteiger partial charge < -0.3 is 15.6 Å². The lowest BCUT2D eigenvalue weighted by Crippen LogP contribution is -2.22. The zero-order valence-corrected chi connectivity index (χ0v) is 11.0. The average molecular weight is 258 g/mol. The van der Waals surface area contributed by atoms with E-state index in [-0.39, 0.29) is 6.04 Å². The van der Waals surface area contributed by atoms with E-state index in [4.69, 9.17) is 10.3 Å². The Balaban J connectivity index is 1.60. The number of aromatic nitrogens is 2. The summed E-state index contributed by atoms with van der Waals surface area (Å²) in [6, 6.07) is 8.84. The molecule has 2 atom stereocenters. The van der Waals surface area contributed by atoms with Crippen molar-refractivity contribution in [2.75, 3.05) is 6.54 Å². The summed E-state index contributed by atoms with van der Waals surface area (Å²) < 4.78 is 5.09. The molecule has 19 heavy (non-hydrogen) atoms. The van der Waals surface area contributed by atoms with E-state index in [1.165, 1.54) is 11.1 Å². The largest absolute Gasteiger partial charge is 0.339 e. The van der Waals surface area contributed by atoms with Gasteiger partial charge in [0.05, 0.1) is 0 Å². The van der Waals surface area contributed by atoms with Crippen LogP contribution in [0.2, 0.25) is 0 Å². The first-order valence-corrected chi connectivity index (χ1v) is 6.61. The Morgan fingerprint density at radius 1 is 1.37 bits per heavy atom. The van der Waals surface area contributed by atoms with Gasteiger partial charge >= 0.3 is 0 Å². The Bertz CT molecular complexity index is 566. The Labute approximate surface area is 112 Å². The lowest BCUT2D eigenvalue weighted by Gasteiger charge is -2.12. The van der Waals surface area contributed by atoms with E-state index in [9.17, 15) is 0 Å². The monoisotopic (exact) mass is 258 g/mol. The third-order valence-electron chi connectivity index (χ3n) is 3.56. The third-order valence-corrected chi connectivity index (χ3v) is 3.56. The molecule has 3 rings (SSSR count). The molecule has 5 heteroatoms. The predicted octanol–water partition coefficient (Wildman–Crippen LogP) is 1.65. The molecule has 3 N–H and O–H groups in total. The SMILES string of the molecule is Cc1noc(CCNC2CC(N)c3ccccc32)n1. The van der Waals surface area contributed by atoms with Crippen molar-refractivity contribution in [2.24, 2.45) is 5.73 Å². The van der Waals surface area contributed by atoms with Crippen LogP contribution < -0.4 is 11.1 Å². The molecule has 0 saturated carbocycles. The van der Waals surface area contributed by atoms with Crippen molar-refractivity contribution in [1.82, 2.24) is 15.5 Å². The molecule has 1 aromatic carbocycles. The normalized spacial score (nSPS) is 21.6. The number of rotatable bonds is 4. The van der Waals surface area contributed by atoms with Crippen molar-refractivity contribution in [3.8, 4) is 0 Å². The number of nitrogens with one attached hydrogen (secondary N) is 1. The van der Waals surface area contributed by atoms with Gasteiger partial charge in [-0.2, -0.15) is 4.98 Å². The molecule has 0 spiro atoms. The molecule has 0 saturated heterocycles. The van der Waals surface area contributed by atoms with Crippen LogP contribution in [-0.2, 0) is 6.42 Å². The second-order valence-corrected chi connectivity index (χ2v) is 4.96. The van der Waals surface area contributed by atoms with Crippen LogP contribution in [0.15, 0.2) is 28.8 Å². The average Bonchev–Trinajstić information content (AvgIpc) is 2.96. The first-order valence-electron chi connectivity index (χ1n) is 6.61. The molecule has 1 heterocycles. The molecule has 0 aliphatic heterocycles. The van der Waals surface area contributed by atoms with Crippen LogP contribution in [0.4, 0.5) is 0 Å². The Kier molecular flexibility index (Phi) is 3.31. The highest BCUT2D eigenvalue weighted by Gasteiger charge is 2.27. The van der Waals surface area contributed by atoms with Crippen LogP contribution in [0, 0.1) is 6.92 Å². The Hall–Kier alpha value is -1.72.